The average Bonchev–Trinajstić information content (AvgIpc) is 2.84. The van der Waals surface area contributed by atoms with Crippen LogP contribution in [0, 0.1) is 6.92 Å². The first kappa shape index (κ1) is 19.1. The van der Waals surface area contributed by atoms with Crippen molar-refractivity contribution in [2.24, 2.45) is 0 Å². The fourth-order valence-corrected chi connectivity index (χ4v) is 4.24. The molecule has 2 aromatic rings. The Morgan fingerprint density at radius 2 is 2.11 bits per heavy atom. The number of aromatic nitrogens is 4. The standard InChI is InChI=1S/C19H29N7O2/c1-14-20-21-17-6-7-18(22-26(14)17)25-10-16(11-25)23(3)12-19(28)8-4-5-9-24(13-19)15(2)27/h6-7,16,28H,4-5,8-13H2,1-3H3. The maximum Gasteiger partial charge on any atom is 0.219 e. The summed E-state index contributed by atoms with van der Waals surface area (Å²) in [4.78, 5) is 18.0. The Bertz CT molecular complexity index is 863. The molecule has 2 saturated heterocycles. The Labute approximate surface area is 164 Å². The second-order valence-corrected chi connectivity index (χ2v) is 8.30. The lowest BCUT2D eigenvalue weighted by atomic mass is 9.95. The minimum atomic E-state index is -0.839. The highest BCUT2D eigenvalue weighted by atomic mass is 16.3. The summed E-state index contributed by atoms with van der Waals surface area (Å²) in [5.41, 5.74) is -0.0882. The lowest BCUT2D eigenvalue weighted by Crippen LogP contribution is -2.62. The van der Waals surface area contributed by atoms with Gasteiger partial charge in [-0.1, -0.05) is 0 Å². The summed E-state index contributed by atoms with van der Waals surface area (Å²) in [5, 5.41) is 23.9. The number of likely N-dealkylation sites (tertiary alicyclic amines) is 1. The molecule has 4 heterocycles. The topological polar surface area (TPSA) is 90.1 Å². The van der Waals surface area contributed by atoms with Gasteiger partial charge in [0.1, 0.15) is 5.82 Å². The van der Waals surface area contributed by atoms with Gasteiger partial charge in [-0.05, 0) is 45.4 Å². The number of anilines is 1. The van der Waals surface area contributed by atoms with E-state index >= 15 is 0 Å². The van der Waals surface area contributed by atoms with Crippen LogP contribution in [0.1, 0.15) is 32.0 Å². The molecule has 4 rings (SSSR count). The Kier molecular flexibility index (Phi) is 4.96. The highest BCUT2D eigenvalue weighted by Gasteiger charge is 2.38. The normalized spacial score (nSPS) is 23.9. The van der Waals surface area contributed by atoms with Gasteiger partial charge >= 0.3 is 0 Å². The second kappa shape index (κ2) is 7.29. The molecule has 2 aromatic heterocycles. The van der Waals surface area contributed by atoms with Crippen LogP contribution in [0.3, 0.4) is 0 Å². The van der Waals surface area contributed by atoms with Crippen molar-refractivity contribution in [2.45, 2.75) is 44.8 Å². The third-order valence-corrected chi connectivity index (χ3v) is 6.01. The molecule has 2 aliphatic rings. The number of fused-ring (bicyclic) bond motifs is 1. The molecule has 9 nitrogen and oxygen atoms in total. The van der Waals surface area contributed by atoms with Crippen LogP contribution in [0.25, 0.3) is 5.65 Å². The van der Waals surface area contributed by atoms with Crippen molar-refractivity contribution >= 4 is 17.4 Å². The lowest BCUT2D eigenvalue weighted by Gasteiger charge is -2.47. The van der Waals surface area contributed by atoms with Crippen LogP contribution in [-0.4, -0.2) is 92.0 Å². The molecule has 0 aromatic carbocycles. The number of β-amino-alcohol motifs (C(OH)–C–C–N with tert-alkyl or cyclic N) is 1. The van der Waals surface area contributed by atoms with Gasteiger partial charge in [0.05, 0.1) is 12.1 Å². The minimum Gasteiger partial charge on any atom is -0.387 e. The fourth-order valence-electron chi connectivity index (χ4n) is 4.24. The van der Waals surface area contributed by atoms with Gasteiger partial charge in [0.25, 0.3) is 0 Å². The van der Waals surface area contributed by atoms with Crippen molar-refractivity contribution in [2.75, 3.05) is 44.7 Å². The average molecular weight is 387 g/mol. The Balaban J connectivity index is 1.36. The maximum atomic E-state index is 11.8. The predicted octanol–water partition coefficient (Wildman–Crippen LogP) is 0.317. The van der Waals surface area contributed by atoms with Gasteiger partial charge in [-0.25, -0.2) is 0 Å². The molecule has 0 aliphatic carbocycles. The van der Waals surface area contributed by atoms with Crippen LogP contribution in [-0.2, 0) is 4.79 Å². The first-order valence-corrected chi connectivity index (χ1v) is 9.97. The van der Waals surface area contributed by atoms with Gasteiger partial charge in [-0.3, -0.25) is 9.69 Å². The summed E-state index contributed by atoms with van der Waals surface area (Å²) in [6.45, 7) is 6.95. The molecule has 1 N–H and O–H groups in total. The monoisotopic (exact) mass is 387 g/mol. The molecule has 9 heteroatoms. The summed E-state index contributed by atoms with van der Waals surface area (Å²) >= 11 is 0. The quantitative estimate of drug-likeness (QED) is 0.808. The predicted molar refractivity (Wildman–Crippen MR) is 105 cm³/mol. The first-order chi connectivity index (χ1) is 13.3. The molecule has 0 radical (unpaired) electrons. The zero-order valence-electron chi connectivity index (χ0n) is 16.9. The number of carbonyl (C=O) groups is 1. The van der Waals surface area contributed by atoms with E-state index in [9.17, 15) is 9.90 Å². The highest BCUT2D eigenvalue weighted by Crippen LogP contribution is 2.26. The van der Waals surface area contributed by atoms with E-state index in [1.807, 2.05) is 19.1 Å². The summed E-state index contributed by atoms with van der Waals surface area (Å²) < 4.78 is 1.76. The SMILES string of the molecule is CC(=O)N1CCCCC(O)(CN(C)C2CN(c3ccc4nnc(C)n4n3)C2)C1. The minimum absolute atomic E-state index is 0.0450. The molecular formula is C19H29N7O2. The first-order valence-electron chi connectivity index (χ1n) is 9.97. The number of nitrogens with zero attached hydrogens (tertiary/aromatic N) is 7. The van der Waals surface area contributed by atoms with Crippen molar-refractivity contribution in [3.63, 3.8) is 0 Å². The third kappa shape index (κ3) is 3.68. The van der Waals surface area contributed by atoms with E-state index in [0.717, 1.165) is 56.2 Å². The molecule has 1 unspecified atom stereocenters. The van der Waals surface area contributed by atoms with Crippen molar-refractivity contribution in [1.29, 1.82) is 0 Å². The number of amides is 1. The van der Waals surface area contributed by atoms with E-state index in [1.165, 1.54) is 0 Å². The maximum absolute atomic E-state index is 11.8. The van der Waals surface area contributed by atoms with E-state index in [1.54, 1.807) is 16.3 Å². The number of aryl methyl sites for hydroxylation is 1. The van der Waals surface area contributed by atoms with Gasteiger partial charge in [-0.2, -0.15) is 4.52 Å². The van der Waals surface area contributed by atoms with E-state index in [4.69, 9.17) is 0 Å². The Morgan fingerprint density at radius 1 is 1.32 bits per heavy atom. The zero-order valence-corrected chi connectivity index (χ0v) is 16.9. The third-order valence-electron chi connectivity index (χ3n) is 6.01. The second-order valence-electron chi connectivity index (χ2n) is 8.30. The van der Waals surface area contributed by atoms with Crippen LogP contribution < -0.4 is 4.90 Å². The number of carbonyl (C=O) groups excluding carboxylic acids is 1. The molecule has 152 valence electrons. The largest absolute Gasteiger partial charge is 0.387 e. The summed E-state index contributed by atoms with van der Waals surface area (Å²) in [6.07, 6.45) is 2.65. The van der Waals surface area contributed by atoms with Crippen LogP contribution in [0.2, 0.25) is 0 Å². The van der Waals surface area contributed by atoms with Crippen molar-refractivity contribution < 1.29 is 9.90 Å². The number of rotatable bonds is 4. The number of likely N-dealkylation sites (N-methyl/N-ethyl adjacent to an activating group) is 1. The van der Waals surface area contributed by atoms with Crippen LogP contribution >= 0.6 is 0 Å². The summed E-state index contributed by atoms with van der Waals surface area (Å²) in [7, 11) is 2.06. The fraction of sp³-hybridized carbons (Fsp3) is 0.684. The molecule has 2 fully saturated rings. The molecule has 0 saturated carbocycles. The number of aliphatic hydroxyl groups is 1. The van der Waals surface area contributed by atoms with Gasteiger partial charge in [-0.15, -0.1) is 15.3 Å². The molecular weight excluding hydrogens is 358 g/mol. The molecule has 2 aliphatic heterocycles. The van der Waals surface area contributed by atoms with E-state index < -0.39 is 5.60 Å². The molecule has 1 amide bonds. The van der Waals surface area contributed by atoms with E-state index in [0.29, 0.717) is 19.1 Å². The van der Waals surface area contributed by atoms with Gasteiger partial charge in [0.15, 0.2) is 11.5 Å². The van der Waals surface area contributed by atoms with E-state index in [-0.39, 0.29) is 5.91 Å². The molecule has 1 atom stereocenters. The number of hydrogen-bond donors (Lipinski definition) is 1. The molecule has 0 bridgehead atoms. The highest BCUT2D eigenvalue weighted by molar-refractivity contribution is 5.73. The van der Waals surface area contributed by atoms with Gasteiger partial charge in [0, 0.05) is 39.1 Å². The lowest BCUT2D eigenvalue weighted by molar-refractivity contribution is -0.132. The summed E-state index contributed by atoms with van der Waals surface area (Å²) in [5.74, 6) is 1.73. The zero-order chi connectivity index (χ0) is 19.9. The Morgan fingerprint density at radius 3 is 2.86 bits per heavy atom. The Hall–Kier alpha value is -2.26. The van der Waals surface area contributed by atoms with Crippen molar-refractivity contribution in [3.05, 3.63) is 18.0 Å². The smallest absolute Gasteiger partial charge is 0.219 e. The molecule has 0 spiro atoms. The number of hydrogen-bond acceptors (Lipinski definition) is 7. The van der Waals surface area contributed by atoms with Crippen LogP contribution in [0.4, 0.5) is 5.82 Å². The van der Waals surface area contributed by atoms with Gasteiger partial charge in [0.2, 0.25) is 5.91 Å². The van der Waals surface area contributed by atoms with Gasteiger partial charge < -0.3 is 14.9 Å². The van der Waals surface area contributed by atoms with Crippen LogP contribution in [0.5, 0.6) is 0 Å². The van der Waals surface area contributed by atoms with Crippen molar-refractivity contribution in [3.8, 4) is 0 Å². The van der Waals surface area contributed by atoms with E-state index in [2.05, 4.69) is 32.1 Å². The summed E-state index contributed by atoms with van der Waals surface area (Å²) in [6, 6.07) is 4.27. The van der Waals surface area contributed by atoms with Crippen LogP contribution in [0.15, 0.2) is 12.1 Å². The molecule has 28 heavy (non-hydrogen) atoms. The van der Waals surface area contributed by atoms with Crippen molar-refractivity contribution in [1.82, 2.24) is 29.6 Å².